The number of benzene rings is 2. The molecule has 0 saturated heterocycles. The third kappa shape index (κ3) is 3.63. The van der Waals surface area contributed by atoms with Crippen LogP contribution in [-0.2, 0) is 11.3 Å². The van der Waals surface area contributed by atoms with E-state index in [4.69, 9.17) is 4.74 Å². The number of ether oxygens (including phenoxy) is 1. The van der Waals surface area contributed by atoms with E-state index < -0.39 is 5.92 Å². The van der Waals surface area contributed by atoms with Crippen molar-refractivity contribution < 1.29 is 14.3 Å². The van der Waals surface area contributed by atoms with Crippen molar-refractivity contribution in [1.82, 2.24) is 10.2 Å². The van der Waals surface area contributed by atoms with E-state index in [1.54, 1.807) is 36.5 Å². The number of fused-ring (bicyclic) bond motifs is 1. The second-order valence-corrected chi connectivity index (χ2v) is 7.99. The van der Waals surface area contributed by atoms with Crippen molar-refractivity contribution in [2.75, 3.05) is 14.2 Å². The molecule has 1 aromatic heterocycles. The van der Waals surface area contributed by atoms with Crippen molar-refractivity contribution in [3.05, 3.63) is 87.6 Å². The quantitative estimate of drug-likeness (QED) is 0.697. The molecule has 0 aliphatic carbocycles. The van der Waals surface area contributed by atoms with E-state index in [0.717, 1.165) is 21.8 Å². The third-order valence-electron chi connectivity index (χ3n) is 5.32. The Morgan fingerprint density at radius 3 is 2.55 bits per heavy atom. The van der Waals surface area contributed by atoms with Gasteiger partial charge in [0.25, 0.3) is 5.91 Å². The number of likely N-dealkylation sites (N-methyl/N-ethyl adjacent to an activating group) is 1. The Hall–Kier alpha value is -3.12. The number of carbonyl (C=O) groups excluding carboxylic acids is 2. The minimum absolute atomic E-state index is 0.0572. The van der Waals surface area contributed by atoms with E-state index in [1.165, 1.54) is 0 Å². The summed E-state index contributed by atoms with van der Waals surface area (Å²) >= 11 is 1.56. The highest BCUT2D eigenvalue weighted by Gasteiger charge is 2.42. The Morgan fingerprint density at radius 2 is 1.86 bits per heavy atom. The lowest BCUT2D eigenvalue weighted by Gasteiger charge is -2.39. The molecule has 3 aromatic rings. The Labute approximate surface area is 173 Å². The van der Waals surface area contributed by atoms with E-state index in [9.17, 15) is 9.59 Å². The van der Waals surface area contributed by atoms with Gasteiger partial charge in [-0.3, -0.25) is 9.59 Å². The van der Waals surface area contributed by atoms with E-state index in [-0.39, 0.29) is 17.9 Å². The highest BCUT2D eigenvalue weighted by atomic mass is 32.1. The van der Waals surface area contributed by atoms with Gasteiger partial charge in [0.05, 0.1) is 19.1 Å². The normalized spacial score (nSPS) is 18.3. The zero-order valence-corrected chi connectivity index (χ0v) is 17.1. The predicted octanol–water partition coefficient (Wildman–Crippen LogP) is 3.98. The molecule has 0 radical (unpaired) electrons. The molecule has 148 valence electrons. The minimum Gasteiger partial charge on any atom is -0.497 e. The van der Waals surface area contributed by atoms with Gasteiger partial charge >= 0.3 is 0 Å². The fraction of sp³-hybridized carbons (Fsp3) is 0.217. The summed E-state index contributed by atoms with van der Waals surface area (Å²) in [5, 5.41) is 5.03. The van der Waals surface area contributed by atoms with Gasteiger partial charge in [-0.05, 0) is 40.8 Å². The summed E-state index contributed by atoms with van der Waals surface area (Å²) in [5.74, 6) is 0.161. The van der Waals surface area contributed by atoms with Gasteiger partial charge in [-0.1, -0.05) is 36.4 Å². The molecule has 4 rings (SSSR count). The van der Waals surface area contributed by atoms with E-state index in [0.29, 0.717) is 12.1 Å². The van der Waals surface area contributed by atoms with Crippen LogP contribution in [0, 0.1) is 0 Å². The van der Waals surface area contributed by atoms with Crippen molar-refractivity contribution >= 4 is 23.2 Å². The second kappa shape index (κ2) is 8.09. The van der Waals surface area contributed by atoms with Crippen LogP contribution in [0.15, 0.2) is 66.0 Å². The van der Waals surface area contributed by atoms with Gasteiger partial charge in [-0.2, -0.15) is 0 Å². The zero-order valence-electron chi connectivity index (χ0n) is 16.3. The van der Waals surface area contributed by atoms with Crippen LogP contribution in [0.3, 0.4) is 0 Å². The van der Waals surface area contributed by atoms with Gasteiger partial charge in [0.15, 0.2) is 0 Å². The molecule has 2 amide bonds. The molecule has 2 aromatic carbocycles. The Bertz CT molecular complexity index is 1010. The van der Waals surface area contributed by atoms with E-state index in [2.05, 4.69) is 5.32 Å². The fourth-order valence-electron chi connectivity index (χ4n) is 3.81. The number of nitrogens with one attached hydrogen (secondary N) is 1. The van der Waals surface area contributed by atoms with Crippen LogP contribution in [-0.4, -0.2) is 30.9 Å². The monoisotopic (exact) mass is 406 g/mol. The summed E-state index contributed by atoms with van der Waals surface area (Å²) in [6, 6.07) is 18.6. The summed E-state index contributed by atoms with van der Waals surface area (Å²) in [5.41, 5.74) is 2.36. The lowest BCUT2D eigenvalue weighted by Crippen LogP contribution is -2.45. The largest absolute Gasteiger partial charge is 0.497 e. The number of hydrogen-bond acceptors (Lipinski definition) is 4. The summed E-state index contributed by atoms with van der Waals surface area (Å²) in [6.45, 7) is 0.413. The molecule has 0 spiro atoms. The number of methoxy groups -OCH3 is 1. The minimum atomic E-state index is -0.467. The topological polar surface area (TPSA) is 58.6 Å². The van der Waals surface area contributed by atoms with Crippen LogP contribution >= 0.6 is 11.3 Å². The number of hydrogen-bond donors (Lipinski definition) is 1. The van der Waals surface area contributed by atoms with Gasteiger partial charge in [0.2, 0.25) is 5.91 Å². The molecule has 2 heterocycles. The highest BCUT2D eigenvalue weighted by molar-refractivity contribution is 7.10. The Kier molecular flexibility index (Phi) is 5.36. The van der Waals surface area contributed by atoms with Crippen LogP contribution < -0.4 is 10.1 Å². The summed E-state index contributed by atoms with van der Waals surface area (Å²) in [4.78, 5) is 28.9. The number of nitrogens with zero attached hydrogens (tertiary/aromatic N) is 1. The maximum absolute atomic E-state index is 13.3. The molecule has 1 N–H and O–H groups in total. The van der Waals surface area contributed by atoms with Gasteiger partial charge in [0, 0.05) is 24.0 Å². The fourth-order valence-corrected chi connectivity index (χ4v) is 4.72. The van der Waals surface area contributed by atoms with Gasteiger partial charge < -0.3 is 15.0 Å². The second-order valence-electron chi connectivity index (χ2n) is 7.01. The number of amides is 2. The van der Waals surface area contributed by atoms with Crippen molar-refractivity contribution in [3.63, 3.8) is 0 Å². The smallest absolute Gasteiger partial charge is 0.254 e. The number of carbonyl (C=O) groups is 2. The number of rotatable bonds is 5. The van der Waals surface area contributed by atoms with E-state index in [1.807, 2.05) is 60.0 Å². The lowest BCUT2D eigenvalue weighted by molar-refractivity contribution is -0.124. The molecule has 6 heteroatoms. The molecule has 2 unspecified atom stereocenters. The first-order chi connectivity index (χ1) is 14.1. The molecule has 0 bridgehead atoms. The molecule has 5 nitrogen and oxygen atoms in total. The van der Waals surface area contributed by atoms with Gasteiger partial charge in [0.1, 0.15) is 5.75 Å². The average molecular weight is 407 g/mol. The van der Waals surface area contributed by atoms with Gasteiger partial charge in [-0.15, -0.1) is 11.3 Å². The third-order valence-corrected chi connectivity index (χ3v) is 6.27. The molecule has 2 atom stereocenters. The summed E-state index contributed by atoms with van der Waals surface area (Å²) in [6.07, 6.45) is 0. The maximum atomic E-state index is 13.3. The first kappa shape index (κ1) is 19.2. The van der Waals surface area contributed by atoms with Crippen molar-refractivity contribution in [2.24, 2.45) is 0 Å². The molecular weight excluding hydrogens is 384 g/mol. The molecule has 0 saturated carbocycles. The van der Waals surface area contributed by atoms with Crippen molar-refractivity contribution in [3.8, 4) is 5.75 Å². The maximum Gasteiger partial charge on any atom is 0.254 e. The SMILES string of the molecule is COc1ccc(CNC(=O)C2c3ccccc3C(=O)N(C)C2c2cccs2)cc1. The summed E-state index contributed by atoms with van der Waals surface area (Å²) in [7, 11) is 3.40. The van der Waals surface area contributed by atoms with Crippen LogP contribution in [0.2, 0.25) is 0 Å². The molecule has 0 fully saturated rings. The zero-order chi connectivity index (χ0) is 20.4. The van der Waals surface area contributed by atoms with E-state index >= 15 is 0 Å². The van der Waals surface area contributed by atoms with Crippen LogP contribution in [0.4, 0.5) is 0 Å². The highest BCUT2D eigenvalue weighted by Crippen LogP contribution is 2.43. The Balaban J connectivity index is 1.64. The van der Waals surface area contributed by atoms with Crippen molar-refractivity contribution in [1.29, 1.82) is 0 Å². The van der Waals surface area contributed by atoms with Gasteiger partial charge in [-0.25, -0.2) is 0 Å². The Morgan fingerprint density at radius 1 is 1.10 bits per heavy atom. The first-order valence-corrected chi connectivity index (χ1v) is 10.3. The average Bonchev–Trinajstić information content (AvgIpc) is 3.29. The first-order valence-electron chi connectivity index (χ1n) is 9.40. The summed E-state index contributed by atoms with van der Waals surface area (Å²) < 4.78 is 5.18. The molecule has 1 aliphatic heterocycles. The standard InChI is InChI=1S/C23H22N2O3S/c1-25-21(19-8-5-13-29-19)20(17-6-3-4-7-18(17)23(25)27)22(26)24-14-15-9-11-16(28-2)12-10-15/h3-13,20-21H,14H2,1-2H3,(H,24,26). The molecule has 1 aliphatic rings. The van der Waals surface area contributed by atoms with Crippen LogP contribution in [0.5, 0.6) is 5.75 Å². The van der Waals surface area contributed by atoms with Crippen molar-refractivity contribution in [2.45, 2.75) is 18.5 Å². The van der Waals surface area contributed by atoms with Crippen LogP contribution in [0.1, 0.15) is 38.3 Å². The predicted molar refractivity (Wildman–Crippen MR) is 113 cm³/mol. The molecular formula is C23H22N2O3S. The number of thiophene rings is 1. The molecule has 29 heavy (non-hydrogen) atoms. The van der Waals surface area contributed by atoms with Crippen LogP contribution in [0.25, 0.3) is 0 Å². The lowest BCUT2D eigenvalue weighted by atomic mass is 9.81.